The van der Waals surface area contributed by atoms with Crippen molar-refractivity contribution in [2.24, 2.45) is 0 Å². The molecule has 0 saturated heterocycles. The Bertz CT molecular complexity index is 443. The Hall–Kier alpha value is -1.66. The standard InChI is InChI=1S/C15H23FN2O3/c1-15(2,3)21-14(19)18(17-9-10-20-4)11-12-5-7-13(16)8-6-12/h5-8,17H,9-11H2,1-4H3. The van der Waals surface area contributed by atoms with Gasteiger partial charge >= 0.3 is 6.09 Å². The summed E-state index contributed by atoms with van der Waals surface area (Å²) in [5.41, 5.74) is 3.16. The molecule has 0 aromatic heterocycles. The minimum atomic E-state index is -0.582. The summed E-state index contributed by atoms with van der Waals surface area (Å²) in [4.78, 5) is 12.2. The zero-order valence-electron chi connectivity index (χ0n) is 13.0. The highest BCUT2D eigenvalue weighted by Gasteiger charge is 2.22. The average molecular weight is 298 g/mol. The molecule has 1 rings (SSSR count). The molecule has 1 aromatic rings. The first-order valence-electron chi connectivity index (χ1n) is 6.79. The Morgan fingerprint density at radius 2 is 1.90 bits per heavy atom. The predicted molar refractivity (Wildman–Crippen MR) is 78.1 cm³/mol. The first kappa shape index (κ1) is 17.4. The second kappa shape index (κ2) is 7.95. The van der Waals surface area contributed by atoms with Gasteiger partial charge in [-0.05, 0) is 38.5 Å². The summed E-state index contributed by atoms with van der Waals surface area (Å²) in [5.74, 6) is -0.310. The van der Waals surface area contributed by atoms with E-state index in [1.54, 1.807) is 40.0 Å². The second-order valence-corrected chi connectivity index (χ2v) is 5.59. The molecule has 0 fully saturated rings. The van der Waals surface area contributed by atoms with Crippen molar-refractivity contribution in [1.29, 1.82) is 0 Å². The van der Waals surface area contributed by atoms with Crippen molar-refractivity contribution in [1.82, 2.24) is 10.4 Å². The Morgan fingerprint density at radius 3 is 2.43 bits per heavy atom. The summed E-state index contributed by atoms with van der Waals surface area (Å²) >= 11 is 0. The van der Waals surface area contributed by atoms with Crippen LogP contribution < -0.4 is 5.43 Å². The maximum absolute atomic E-state index is 12.9. The minimum absolute atomic E-state index is 0.277. The van der Waals surface area contributed by atoms with E-state index in [4.69, 9.17) is 9.47 Å². The molecule has 0 spiro atoms. The number of carbonyl (C=O) groups excluding carboxylic acids is 1. The molecule has 0 heterocycles. The summed E-state index contributed by atoms with van der Waals surface area (Å²) in [7, 11) is 1.58. The molecular formula is C15H23FN2O3. The van der Waals surface area contributed by atoms with Crippen LogP contribution >= 0.6 is 0 Å². The van der Waals surface area contributed by atoms with Gasteiger partial charge in [0.2, 0.25) is 0 Å². The maximum atomic E-state index is 12.9. The summed E-state index contributed by atoms with van der Waals surface area (Å²) in [5, 5.41) is 1.36. The largest absolute Gasteiger partial charge is 0.443 e. The lowest BCUT2D eigenvalue weighted by Gasteiger charge is -2.27. The van der Waals surface area contributed by atoms with Gasteiger partial charge in [0.05, 0.1) is 13.2 Å². The molecule has 0 radical (unpaired) electrons. The average Bonchev–Trinajstić information content (AvgIpc) is 2.38. The Balaban J connectivity index is 2.71. The fourth-order valence-electron chi connectivity index (χ4n) is 1.56. The molecule has 0 saturated carbocycles. The number of nitrogens with zero attached hydrogens (tertiary/aromatic N) is 1. The number of benzene rings is 1. The molecule has 21 heavy (non-hydrogen) atoms. The number of hydrogen-bond donors (Lipinski definition) is 1. The van der Waals surface area contributed by atoms with Gasteiger partial charge in [-0.15, -0.1) is 0 Å². The number of amides is 1. The highest BCUT2D eigenvalue weighted by molar-refractivity contribution is 5.67. The van der Waals surface area contributed by atoms with Crippen molar-refractivity contribution in [2.75, 3.05) is 20.3 Å². The quantitative estimate of drug-likeness (QED) is 0.648. The third-order valence-electron chi connectivity index (χ3n) is 2.48. The summed E-state index contributed by atoms with van der Waals surface area (Å²) in [6, 6.07) is 5.98. The van der Waals surface area contributed by atoms with Crippen molar-refractivity contribution in [3.63, 3.8) is 0 Å². The lowest BCUT2D eigenvalue weighted by atomic mass is 10.2. The van der Waals surface area contributed by atoms with Crippen molar-refractivity contribution in [3.8, 4) is 0 Å². The van der Waals surface area contributed by atoms with Gasteiger partial charge in [-0.2, -0.15) is 0 Å². The van der Waals surface area contributed by atoms with Crippen LogP contribution in [0.25, 0.3) is 0 Å². The van der Waals surface area contributed by atoms with Gasteiger partial charge in [-0.1, -0.05) is 12.1 Å². The van der Waals surface area contributed by atoms with Crippen molar-refractivity contribution in [3.05, 3.63) is 35.6 Å². The predicted octanol–water partition coefficient (Wildman–Crippen LogP) is 2.71. The Morgan fingerprint density at radius 1 is 1.29 bits per heavy atom. The van der Waals surface area contributed by atoms with E-state index in [0.29, 0.717) is 13.2 Å². The number of methoxy groups -OCH3 is 1. The van der Waals surface area contributed by atoms with Crippen LogP contribution in [0.1, 0.15) is 26.3 Å². The van der Waals surface area contributed by atoms with E-state index < -0.39 is 11.7 Å². The lowest BCUT2D eigenvalue weighted by Crippen LogP contribution is -2.46. The Labute approximate surface area is 125 Å². The van der Waals surface area contributed by atoms with E-state index in [1.165, 1.54) is 17.1 Å². The third-order valence-corrected chi connectivity index (χ3v) is 2.48. The molecule has 0 unspecified atom stereocenters. The molecule has 118 valence electrons. The smallest absolute Gasteiger partial charge is 0.425 e. The summed E-state index contributed by atoms with van der Waals surface area (Å²) < 4.78 is 23.2. The van der Waals surface area contributed by atoms with E-state index in [0.717, 1.165) is 5.56 Å². The zero-order chi connectivity index (χ0) is 15.9. The van der Waals surface area contributed by atoms with E-state index in [1.807, 2.05) is 0 Å². The fraction of sp³-hybridized carbons (Fsp3) is 0.533. The number of carbonyl (C=O) groups is 1. The zero-order valence-corrected chi connectivity index (χ0v) is 13.0. The van der Waals surface area contributed by atoms with E-state index >= 15 is 0 Å². The topological polar surface area (TPSA) is 50.8 Å². The monoisotopic (exact) mass is 298 g/mol. The number of hydrogen-bond acceptors (Lipinski definition) is 4. The van der Waals surface area contributed by atoms with Gasteiger partial charge in [0.1, 0.15) is 11.4 Å². The van der Waals surface area contributed by atoms with Crippen LogP contribution in [-0.4, -0.2) is 37.0 Å². The SMILES string of the molecule is COCCNN(Cc1ccc(F)cc1)C(=O)OC(C)(C)C. The molecule has 5 nitrogen and oxygen atoms in total. The van der Waals surface area contributed by atoms with Crippen molar-refractivity contribution < 1.29 is 18.7 Å². The molecule has 1 aromatic carbocycles. The van der Waals surface area contributed by atoms with Crippen LogP contribution in [0.3, 0.4) is 0 Å². The maximum Gasteiger partial charge on any atom is 0.425 e. The molecule has 0 atom stereocenters. The molecule has 1 amide bonds. The molecule has 1 N–H and O–H groups in total. The molecule has 0 aliphatic carbocycles. The molecule has 0 aliphatic rings. The third kappa shape index (κ3) is 7.06. The van der Waals surface area contributed by atoms with Crippen LogP contribution in [0.5, 0.6) is 0 Å². The van der Waals surface area contributed by atoms with Crippen molar-refractivity contribution >= 4 is 6.09 Å². The highest BCUT2D eigenvalue weighted by Crippen LogP contribution is 2.11. The fourth-order valence-corrected chi connectivity index (χ4v) is 1.56. The summed E-state index contributed by atoms with van der Waals surface area (Å²) in [6.07, 6.45) is -0.483. The molecule has 0 bridgehead atoms. The highest BCUT2D eigenvalue weighted by atomic mass is 19.1. The molecule has 6 heteroatoms. The Kier molecular flexibility index (Phi) is 6.58. The van der Waals surface area contributed by atoms with Gasteiger partial charge in [0.15, 0.2) is 0 Å². The number of rotatable bonds is 6. The van der Waals surface area contributed by atoms with Gasteiger partial charge < -0.3 is 9.47 Å². The van der Waals surface area contributed by atoms with Gasteiger partial charge in [0.25, 0.3) is 0 Å². The lowest BCUT2D eigenvalue weighted by molar-refractivity contribution is 0.00949. The van der Waals surface area contributed by atoms with E-state index in [2.05, 4.69) is 5.43 Å². The number of ether oxygens (including phenoxy) is 2. The molecule has 0 aliphatic heterocycles. The minimum Gasteiger partial charge on any atom is -0.443 e. The van der Waals surface area contributed by atoms with E-state index in [-0.39, 0.29) is 12.4 Å². The van der Waals surface area contributed by atoms with Crippen LogP contribution in [-0.2, 0) is 16.0 Å². The summed E-state index contributed by atoms with van der Waals surface area (Å²) in [6.45, 7) is 6.61. The number of halogens is 1. The van der Waals surface area contributed by atoms with E-state index in [9.17, 15) is 9.18 Å². The molecular weight excluding hydrogens is 275 g/mol. The van der Waals surface area contributed by atoms with Gasteiger partial charge in [-0.25, -0.2) is 19.6 Å². The number of hydrazine groups is 1. The van der Waals surface area contributed by atoms with Gasteiger partial charge in [-0.3, -0.25) is 0 Å². The van der Waals surface area contributed by atoms with Crippen LogP contribution in [0.4, 0.5) is 9.18 Å². The van der Waals surface area contributed by atoms with Crippen LogP contribution in [0.15, 0.2) is 24.3 Å². The van der Waals surface area contributed by atoms with Crippen LogP contribution in [0.2, 0.25) is 0 Å². The first-order chi connectivity index (χ1) is 9.81. The van der Waals surface area contributed by atoms with Crippen LogP contribution in [0, 0.1) is 5.82 Å². The van der Waals surface area contributed by atoms with Crippen molar-refractivity contribution in [2.45, 2.75) is 32.9 Å². The normalized spacial score (nSPS) is 11.3. The number of nitrogens with one attached hydrogen (secondary N) is 1. The van der Waals surface area contributed by atoms with Gasteiger partial charge in [0, 0.05) is 13.7 Å². The second-order valence-electron chi connectivity index (χ2n) is 5.59. The first-order valence-corrected chi connectivity index (χ1v) is 6.79.